The van der Waals surface area contributed by atoms with E-state index in [9.17, 15) is 24.8 Å². The molecule has 2 aromatic carbocycles. The molecule has 1 saturated heterocycles. The Morgan fingerprint density at radius 2 is 1.76 bits per heavy atom. The molecule has 2 heterocycles. The molecule has 0 saturated carbocycles. The van der Waals surface area contributed by atoms with Crippen molar-refractivity contribution in [1.29, 1.82) is 0 Å². The number of anilines is 1. The number of nitro benzene ring substituents is 1. The van der Waals surface area contributed by atoms with Crippen LogP contribution in [0.2, 0.25) is 0 Å². The first-order chi connectivity index (χ1) is 15.8. The van der Waals surface area contributed by atoms with Crippen molar-refractivity contribution in [3.05, 3.63) is 99.5 Å². The lowest BCUT2D eigenvalue weighted by Crippen LogP contribution is -2.29. The minimum atomic E-state index is -0.860. The lowest BCUT2D eigenvalue weighted by molar-refractivity contribution is -0.384. The third-order valence-corrected chi connectivity index (χ3v) is 5.52. The van der Waals surface area contributed by atoms with Gasteiger partial charge in [0.05, 0.1) is 29.3 Å². The summed E-state index contributed by atoms with van der Waals surface area (Å²) in [5.74, 6) is -1.51. The van der Waals surface area contributed by atoms with Crippen molar-refractivity contribution >= 4 is 28.8 Å². The van der Waals surface area contributed by atoms with Crippen LogP contribution in [0.25, 0.3) is 5.76 Å². The Hall–Kier alpha value is -4.40. The molecule has 3 aromatic rings. The number of rotatable bonds is 6. The minimum Gasteiger partial charge on any atom is -0.507 e. The van der Waals surface area contributed by atoms with Gasteiger partial charge in [-0.25, -0.2) is 0 Å². The Kier molecular flexibility index (Phi) is 5.70. The number of carbonyl (C=O) groups is 2. The highest BCUT2D eigenvalue weighted by Crippen LogP contribution is 2.40. The smallest absolute Gasteiger partial charge is 0.296 e. The number of hydrogen-bond donors (Lipinski definition) is 1. The van der Waals surface area contributed by atoms with Gasteiger partial charge in [0.1, 0.15) is 11.5 Å². The summed E-state index contributed by atoms with van der Waals surface area (Å²) in [7, 11) is 3.79. The van der Waals surface area contributed by atoms with Gasteiger partial charge in [-0.1, -0.05) is 12.1 Å². The van der Waals surface area contributed by atoms with Crippen LogP contribution in [0.1, 0.15) is 22.9 Å². The van der Waals surface area contributed by atoms with Crippen LogP contribution in [0.15, 0.2) is 76.9 Å². The molecular weight excluding hydrogens is 426 g/mol. The molecule has 1 aliphatic heterocycles. The second-order valence-electron chi connectivity index (χ2n) is 7.80. The van der Waals surface area contributed by atoms with Gasteiger partial charge in [0, 0.05) is 37.5 Å². The van der Waals surface area contributed by atoms with E-state index in [1.807, 2.05) is 31.1 Å². The predicted molar refractivity (Wildman–Crippen MR) is 120 cm³/mol. The SMILES string of the molecule is CN(C)c1ccc(C2/C(=C(/O)c3ccc([N+](=O)[O-])cc3)C(=O)C(=O)N2Cc2ccco2)cc1. The first-order valence-electron chi connectivity index (χ1n) is 10.1. The number of nitro groups is 1. The lowest BCUT2D eigenvalue weighted by Gasteiger charge is -2.25. The zero-order valence-electron chi connectivity index (χ0n) is 18.0. The van der Waals surface area contributed by atoms with Gasteiger partial charge >= 0.3 is 0 Å². The van der Waals surface area contributed by atoms with Crippen LogP contribution in [-0.2, 0) is 16.1 Å². The van der Waals surface area contributed by atoms with E-state index in [4.69, 9.17) is 4.42 Å². The van der Waals surface area contributed by atoms with Gasteiger partial charge in [0.2, 0.25) is 0 Å². The molecule has 1 unspecified atom stereocenters. The normalized spacial score (nSPS) is 17.4. The maximum Gasteiger partial charge on any atom is 0.296 e. The van der Waals surface area contributed by atoms with Gasteiger partial charge in [-0.3, -0.25) is 19.7 Å². The van der Waals surface area contributed by atoms with Crippen molar-refractivity contribution < 1.29 is 24.0 Å². The monoisotopic (exact) mass is 447 g/mol. The van der Waals surface area contributed by atoms with Gasteiger partial charge in [0.15, 0.2) is 0 Å². The van der Waals surface area contributed by atoms with Crippen LogP contribution < -0.4 is 4.90 Å². The maximum atomic E-state index is 13.0. The second kappa shape index (κ2) is 8.62. The van der Waals surface area contributed by atoms with Crippen molar-refractivity contribution in [2.45, 2.75) is 12.6 Å². The summed E-state index contributed by atoms with van der Waals surface area (Å²) in [5, 5.41) is 22.0. The third-order valence-electron chi connectivity index (χ3n) is 5.52. The highest BCUT2D eigenvalue weighted by atomic mass is 16.6. The van der Waals surface area contributed by atoms with E-state index in [2.05, 4.69) is 0 Å². The average Bonchev–Trinajstić information content (AvgIpc) is 3.41. The first kappa shape index (κ1) is 21.8. The molecular formula is C24H21N3O6. The Bertz CT molecular complexity index is 1230. The topological polar surface area (TPSA) is 117 Å². The molecule has 0 aliphatic carbocycles. The molecule has 9 nitrogen and oxygen atoms in total. The molecule has 0 bridgehead atoms. The number of aliphatic hydroxyl groups is 1. The van der Waals surface area contributed by atoms with Gasteiger partial charge in [0.25, 0.3) is 17.4 Å². The fraction of sp³-hybridized carbons (Fsp3) is 0.167. The van der Waals surface area contributed by atoms with Gasteiger partial charge in [-0.05, 0) is 42.0 Å². The van der Waals surface area contributed by atoms with Crippen molar-refractivity contribution in [3.8, 4) is 0 Å². The number of non-ortho nitro benzene ring substituents is 1. The summed E-state index contributed by atoms with van der Waals surface area (Å²) >= 11 is 0. The lowest BCUT2D eigenvalue weighted by atomic mass is 9.95. The third kappa shape index (κ3) is 4.08. The van der Waals surface area contributed by atoms with Gasteiger partial charge in [-0.15, -0.1) is 0 Å². The molecule has 1 fully saturated rings. The number of furan rings is 1. The zero-order chi connectivity index (χ0) is 23.7. The summed E-state index contributed by atoms with van der Waals surface area (Å²) in [4.78, 5) is 39.7. The Morgan fingerprint density at radius 3 is 2.30 bits per heavy atom. The number of Topliss-reactive ketones (excluding diaryl/α,β-unsaturated/α-hetero) is 1. The molecule has 1 aromatic heterocycles. The number of amides is 1. The molecule has 1 amide bonds. The number of ketones is 1. The molecule has 0 spiro atoms. The molecule has 4 rings (SSSR count). The van der Waals surface area contributed by atoms with Crippen molar-refractivity contribution in [2.24, 2.45) is 0 Å². The van der Waals surface area contributed by atoms with E-state index in [0.29, 0.717) is 11.3 Å². The molecule has 0 radical (unpaired) electrons. The van der Waals surface area contributed by atoms with Crippen LogP contribution in [0.4, 0.5) is 11.4 Å². The van der Waals surface area contributed by atoms with E-state index in [1.165, 1.54) is 35.4 Å². The van der Waals surface area contributed by atoms with E-state index >= 15 is 0 Å². The van der Waals surface area contributed by atoms with Crippen LogP contribution in [0, 0.1) is 10.1 Å². The molecule has 168 valence electrons. The van der Waals surface area contributed by atoms with Crippen molar-refractivity contribution in [3.63, 3.8) is 0 Å². The van der Waals surface area contributed by atoms with E-state index in [-0.39, 0.29) is 23.4 Å². The van der Waals surface area contributed by atoms with E-state index in [1.54, 1.807) is 24.3 Å². The predicted octanol–water partition coefficient (Wildman–Crippen LogP) is 3.88. The standard InChI is InChI=1S/C24H21N3O6/c1-25(2)17-9-5-15(6-10-17)21-20(22(28)16-7-11-18(12-8-16)27(31)32)23(29)24(30)26(21)14-19-4-3-13-33-19/h3-13,21,28H,14H2,1-2H3/b22-20-. The first-order valence-corrected chi connectivity index (χ1v) is 10.1. The number of nitrogens with zero attached hydrogens (tertiary/aromatic N) is 3. The molecule has 1 aliphatic rings. The highest BCUT2D eigenvalue weighted by molar-refractivity contribution is 6.46. The van der Waals surface area contributed by atoms with E-state index in [0.717, 1.165) is 5.69 Å². The summed E-state index contributed by atoms with van der Waals surface area (Å²) in [6, 6.07) is 15.0. The second-order valence-corrected chi connectivity index (χ2v) is 7.80. The zero-order valence-corrected chi connectivity index (χ0v) is 18.0. The largest absolute Gasteiger partial charge is 0.507 e. The summed E-state index contributed by atoms with van der Waals surface area (Å²) in [6.07, 6.45) is 1.48. The molecule has 9 heteroatoms. The fourth-order valence-corrected chi connectivity index (χ4v) is 3.81. The van der Waals surface area contributed by atoms with Crippen LogP contribution >= 0.6 is 0 Å². The summed E-state index contributed by atoms with van der Waals surface area (Å²) in [6.45, 7) is 0.0364. The summed E-state index contributed by atoms with van der Waals surface area (Å²) < 4.78 is 5.38. The minimum absolute atomic E-state index is 0.0364. The van der Waals surface area contributed by atoms with E-state index < -0.39 is 28.4 Å². The Balaban J connectivity index is 1.83. The Morgan fingerprint density at radius 1 is 1.09 bits per heavy atom. The maximum absolute atomic E-state index is 13.0. The number of likely N-dealkylation sites (tertiary alicyclic amines) is 1. The number of hydrogen-bond acceptors (Lipinski definition) is 7. The van der Waals surface area contributed by atoms with Crippen molar-refractivity contribution in [2.75, 3.05) is 19.0 Å². The summed E-state index contributed by atoms with van der Waals surface area (Å²) in [5.41, 5.74) is 1.53. The number of aliphatic hydroxyl groups excluding tert-OH is 1. The van der Waals surface area contributed by atoms with Gasteiger partial charge < -0.3 is 19.3 Å². The highest BCUT2D eigenvalue weighted by Gasteiger charge is 2.46. The van der Waals surface area contributed by atoms with Crippen LogP contribution in [0.5, 0.6) is 0 Å². The quantitative estimate of drug-likeness (QED) is 0.200. The van der Waals surface area contributed by atoms with Crippen molar-refractivity contribution in [1.82, 2.24) is 4.90 Å². The average molecular weight is 447 g/mol. The van der Waals surface area contributed by atoms with Gasteiger partial charge in [-0.2, -0.15) is 0 Å². The fourth-order valence-electron chi connectivity index (χ4n) is 3.81. The molecule has 33 heavy (non-hydrogen) atoms. The van der Waals surface area contributed by atoms with Crippen LogP contribution in [0.3, 0.4) is 0 Å². The number of carbonyl (C=O) groups excluding carboxylic acids is 2. The molecule has 1 atom stereocenters. The Labute approximate surface area is 189 Å². The van der Waals surface area contributed by atoms with Crippen LogP contribution in [-0.4, -0.2) is 40.7 Å². The molecule has 1 N–H and O–H groups in total. The number of benzene rings is 2.